The molecule has 0 aliphatic carbocycles. The number of ether oxygens (including phenoxy) is 3. The highest BCUT2D eigenvalue weighted by Gasteiger charge is 2.19. The first-order valence-corrected chi connectivity index (χ1v) is 30.7. The quantitative estimate of drug-likeness (QED) is 0.0261. The molecular formula is C67H114O6. The summed E-state index contributed by atoms with van der Waals surface area (Å²) in [6, 6.07) is 0. The van der Waals surface area contributed by atoms with Crippen molar-refractivity contribution in [2.75, 3.05) is 13.2 Å². The van der Waals surface area contributed by atoms with Gasteiger partial charge in [-0.3, -0.25) is 14.4 Å². The van der Waals surface area contributed by atoms with Gasteiger partial charge in [-0.2, -0.15) is 0 Å². The molecule has 6 heteroatoms. The third-order valence-electron chi connectivity index (χ3n) is 13.0. The molecule has 73 heavy (non-hydrogen) atoms. The second kappa shape index (κ2) is 60.9. The molecule has 0 saturated heterocycles. The molecule has 0 aliphatic rings. The maximum absolute atomic E-state index is 12.9. The second-order valence-corrected chi connectivity index (χ2v) is 20.2. The van der Waals surface area contributed by atoms with Crippen LogP contribution in [-0.4, -0.2) is 37.2 Å². The van der Waals surface area contributed by atoms with Crippen LogP contribution in [0.25, 0.3) is 0 Å². The number of rotatable bonds is 55. The lowest BCUT2D eigenvalue weighted by Gasteiger charge is -2.18. The highest BCUT2D eigenvalue weighted by atomic mass is 16.6. The molecule has 418 valence electrons. The zero-order chi connectivity index (χ0) is 52.9. The van der Waals surface area contributed by atoms with Crippen LogP contribution >= 0.6 is 0 Å². The van der Waals surface area contributed by atoms with Crippen LogP contribution in [0.2, 0.25) is 0 Å². The van der Waals surface area contributed by atoms with E-state index >= 15 is 0 Å². The predicted molar refractivity (Wildman–Crippen MR) is 316 cm³/mol. The molecule has 0 fully saturated rings. The first-order valence-electron chi connectivity index (χ1n) is 30.7. The molecule has 0 unspecified atom stereocenters. The summed E-state index contributed by atoms with van der Waals surface area (Å²) in [6.45, 7) is 6.53. The van der Waals surface area contributed by atoms with Crippen molar-refractivity contribution in [1.82, 2.24) is 0 Å². The molecule has 0 aromatic heterocycles. The first kappa shape index (κ1) is 69.3. The Hall–Kier alpha value is -3.67. The number of unbranched alkanes of at least 4 members (excludes halogenated alkanes) is 28. The fourth-order valence-corrected chi connectivity index (χ4v) is 8.39. The molecule has 6 nitrogen and oxygen atoms in total. The average molecular weight is 1020 g/mol. The lowest BCUT2D eigenvalue weighted by atomic mass is 10.1. The monoisotopic (exact) mass is 1010 g/mol. The van der Waals surface area contributed by atoms with E-state index < -0.39 is 12.1 Å². The number of hydrogen-bond acceptors (Lipinski definition) is 6. The van der Waals surface area contributed by atoms with E-state index in [1.54, 1.807) is 0 Å². The summed E-state index contributed by atoms with van der Waals surface area (Å²) in [7, 11) is 0. The Bertz CT molecular complexity index is 1440. The fraction of sp³-hybridized carbons (Fsp3) is 0.716. The van der Waals surface area contributed by atoms with Gasteiger partial charge in [0.05, 0.1) is 0 Å². The van der Waals surface area contributed by atoms with E-state index in [4.69, 9.17) is 14.2 Å². The molecule has 0 rings (SSSR count). The average Bonchev–Trinajstić information content (AvgIpc) is 3.39. The van der Waals surface area contributed by atoms with Gasteiger partial charge in [0, 0.05) is 19.3 Å². The van der Waals surface area contributed by atoms with Crippen LogP contribution in [-0.2, 0) is 28.6 Å². The molecule has 0 bridgehead atoms. The van der Waals surface area contributed by atoms with Gasteiger partial charge in [0.15, 0.2) is 6.10 Å². The highest BCUT2D eigenvalue weighted by Crippen LogP contribution is 2.15. The molecule has 0 spiro atoms. The zero-order valence-corrected chi connectivity index (χ0v) is 47.9. The largest absolute Gasteiger partial charge is 0.462 e. The van der Waals surface area contributed by atoms with Crippen LogP contribution in [0.5, 0.6) is 0 Å². The topological polar surface area (TPSA) is 78.9 Å². The fourth-order valence-electron chi connectivity index (χ4n) is 8.39. The van der Waals surface area contributed by atoms with E-state index in [0.717, 1.165) is 77.0 Å². The van der Waals surface area contributed by atoms with Gasteiger partial charge in [-0.15, -0.1) is 0 Å². The lowest BCUT2D eigenvalue weighted by molar-refractivity contribution is -0.166. The Morgan fingerprint density at radius 2 is 0.521 bits per heavy atom. The Labute approximate surface area is 451 Å². The number of hydrogen-bond donors (Lipinski definition) is 0. The summed E-state index contributed by atoms with van der Waals surface area (Å²) in [4.78, 5) is 38.2. The summed E-state index contributed by atoms with van der Waals surface area (Å²) in [5.74, 6) is -0.997. The molecular weight excluding hydrogens is 901 g/mol. The molecule has 0 aromatic carbocycles. The van der Waals surface area contributed by atoms with Gasteiger partial charge in [-0.25, -0.2) is 0 Å². The third-order valence-corrected chi connectivity index (χ3v) is 13.0. The van der Waals surface area contributed by atoms with Gasteiger partial charge in [0.1, 0.15) is 13.2 Å². The summed E-state index contributed by atoms with van der Waals surface area (Å²) in [5, 5.41) is 0. The van der Waals surface area contributed by atoms with Crippen LogP contribution in [0.4, 0.5) is 0 Å². The van der Waals surface area contributed by atoms with Crippen molar-refractivity contribution in [1.29, 1.82) is 0 Å². The number of carbonyl (C=O) groups is 3. The SMILES string of the molecule is CCCCC/C=C\C/C=C\C/C=C\C/C=C\C/C=C\CCC(=O)O[C@H](COC(=O)CCCCCCCCC/C=C\C/C=C\CCCCC)COC(=O)CCCCCCCCCCC/C=C\CCCCCCCC. The molecule has 0 amide bonds. The minimum absolute atomic E-state index is 0.110. The van der Waals surface area contributed by atoms with Gasteiger partial charge in [0.25, 0.3) is 0 Å². The Balaban J connectivity index is 4.50. The molecule has 0 radical (unpaired) electrons. The lowest BCUT2D eigenvalue weighted by Crippen LogP contribution is -2.30. The van der Waals surface area contributed by atoms with Gasteiger partial charge in [0.2, 0.25) is 0 Å². The van der Waals surface area contributed by atoms with Gasteiger partial charge in [-0.1, -0.05) is 253 Å². The zero-order valence-electron chi connectivity index (χ0n) is 47.9. The summed E-state index contributed by atoms with van der Waals surface area (Å²) >= 11 is 0. The number of carbonyl (C=O) groups excluding carboxylic acids is 3. The van der Waals surface area contributed by atoms with E-state index in [2.05, 4.69) is 112 Å². The van der Waals surface area contributed by atoms with Crippen LogP contribution in [0.15, 0.2) is 97.2 Å². The van der Waals surface area contributed by atoms with Crippen molar-refractivity contribution in [3.8, 4) is 0 Å². The number of allylic oxidation sites excluding steroid dienone is 16. The maximum Gasteiger partial charge on any atom is 0.306 e. The van der Waals surface area contributed by atoms with Crippen molar-refractivity contribution in [3.05, 3.63) is 97.2 Å². The van der Waals surface area contributed by atoms with Crippen LogP contribution < -0.4 is 0 Å². The third kappa shape index (κ3) is 59.1. The molecule has 0 aliphatic heterocycles. The summed E-state index contributed by atoms with van der Waals surface area (Å²) in [5.41, 5.74) is 0. The van der Waals surface area contributed by atoms with E-state index in [9.17, 15) is 14.4 Å². The van der Waals surface area contributed by atoms with E-state index in [-0.39, 0.29) is 31.6 Å². The van der Waals surface area contributed by atoms with Gasteiger partial charge in [-0.05, 0) is 116 Å². The normalized spacial score (nSPS) is 12.8. The van der Waals surface area contributed by atoms with Gasteiger partial charge < -0.3 is 14.2 Å². The summed E-state index contributed by atoms with van der Waals surface area (Å²) < 4.78 is 16.8. The van der Waals surface area contributed by atoms with Crippen molar-refractivity contribution in [2.24, 2.45) is 0 Å². The number of esters is 3. The van der Waals surface area contributed by atoms with Crippen LogP contribution in [0, 0.1) is 0 Å². The van der Waals surface area contributed by atoms with E-state index in [1.165, 1.54) is 167 Å². The standard InChI is InChI=1S/C67H114O6/c1-4-7-10-13-16-19-22-25-28-31-33-36-39-42-45-48-51-54-57-60-66(69)72-63-64(62-71-65(68)59-56-53-50-47-44-41-38-35-30-27-24-21-18-15-12-9-6-3)73-67(70)61-58-55-52-49-46-43-40-37-34-32-29-26-23-20-17-14-11-8-5-2/h17-18,20-21,25-30,34,37,43,46,52,55,64H,4-16,19,22-24,31-33,35-36,38-42,44-45,47-51,53-54,56-63H2,1-3H3/b20-17-,21-18-,28-25-,29-26-,30-27-,37-34-,46-43-,55-52-/t64-/m1/s1. The Kier molecular flexibility index (Phi) is 57.8. The van der Waals surface area contributed by atoms with E-state index in [1.807, 2.05) is 6.08 Å². The molecule has 0 heterocycles. The minimum atomic E-state index is -0.823. The van der Waals surface area contributed by atoms with Crippen LogP contribution in [0.3, 0.4) is 0 Å². The van der Waals surface area contributed by atoms with Crippen LogP contribution in [0.1, 0.15) is 290 Å². The first-order chi connectivity index (χ1) is 36.0. The van der Waals surface area contributed by atoms with Gasteiger partial charge >= 0.3 is 17.9 Å². The predicted octanol–water partition coefficient (Wildman–Crippen LogP) is 20.9. The maximum atomic E-state index is 12.9. The molecule has 0 aromatic rings. The second-order valence-electron chi connectivity index (χ2n) is 20.2. The molecule has 0 N–H and O–H groups in total. The Morgan fingerprint density at radius 3 is 0.863 bits per heavy atom. The highest BCUT2D eigenvalue weighted by molar-refractivity contribution is 5.71. The smallest absolute Gasteiger partial charge is 0.306 e. The van der Waals surface area contributed by atoms with Crippen molar-refractivity contribution >= 4 is 17.9 Å². The van der Waals surface area contributed by atoms with Crippen molar-refractivity contribution < 1.29 is 28.6 Å². The Morgan fingerprint density at radius 1 is 0.274 bits per heavy atom. The summed E-state index contributed by atoms with van der Waals surface area (Å²) in [6.07, 6.45) is 81.2. The minimum Gasteiger partial charge on any atom is -0.462 e. The molecule has 1 atom stereocenters. The molecule has 0 saturated carbocycles. The van der Waals surface area contributed by atoms with Crippen molar-refractivity contribution in [3.63, 3.8) is 0 Å². The van der Waals surface area contributed by atoms with E-state index in [0.29, 0.717) is 19.3 Å². The van der Waals surface area contributed by atoms with Crippen molar-refractivity contribution in [2.45, 2.75) is 297 Å².